The molecule has 0 bridgehead atoms. The second-order valence-corrected chi connectivity index (χ2v) is 8.43. The number of aromatic nitrogens is 4. The first kappa shape index (κ1) is 21.9. The summed E-state index contributed by atoms with van der Waals surface area (Å²) in [5.41, 5.74) is 4.52. The molecule has 1 N–H and O–H groups in total. The van der Waals surface area contributed by atoms with Gasteiger partial charge in [0.25, 0.3) is 0 Å². The van der Waals surface area contributed by atoms with Gasteiger partial charge in [0.15, 0.2) is 5.11 Å². The molecule has 0 unspecified atom stereocenters. The predicted octanol–water partition coefficient (Wildman–Crippen LogP) is 5.07. The maximum atomic E-state index is 6.31. The van der Waals surface area contributed by atoms with E-state index < -0.39 is 0 Å². The van der Waals surface area contributed by atoms with E-state index >= 15 is 0 Å². The average molecular weight is 472 g/mol. The highest BCUT2D eigenvalue weighted by molar-refractivity contribution is 7.80. The zero-order valence-corrected chi connectivity index (χ0v) is 19.6. The van der Waals surface area contributed by atoms with Gasteiger partial charge in [0.05, 0.1) is 47.1 Å². The summed E-state index contributed by atoms with van der Waals surface area (Å²) in [5.74, 6) is 0. The van der Waals surface area contributed by atoms with E-state index in [2.05, 4.69) is 15.5 Å². The Morgan fingerprint density at radius 2 is 1.93 bits per heavy atom. The van der Waals surface area contributed by atoms with Gasteiger partial charge >= 0.3 is 0 Å². The van der Waals surface area contributed by atoms with Crippen LogP contribution in [-0.2, 0) is 20.1 Å². The molecule has 0 aliphatic heterocycles. The standard InChI is InChI=1S/C19H21Cl3N6S/c1-11-18(24-19(29)26(3)10-17-16(22)8-23-27(17)4)12(2)28(25-11)9-13-5-6-14(20)7-15(13)21/h5-8H,9-10H2,1-4H3,(H,24,29). The summed E-state index contributed by atoms with van der Waals surface area (Å²) in [6.45, 7) is 5.01. The van der Waals surface area contributed by atoms with Gasteiger partial charge in [-0.25, -0.2) is 0 Å². The van der Waals surface area contributed by atoms with Crippen LogP contribution in [-0.4, -0.2) is 36.6 Å². The van der Waals surface area contributed by atoms with Crippen LogP contribution in [0.1, 0.15) is 22.6 Å². The average Bonchev–Trinajstić information content (AvgIpc) is 3.11. The number of rotatable bonds is 5. The minimum absolute atomic E-state index is 0.535. The van der Waals surface area contributed by atoms with E-state index in [0.29, 0.717) is 33.3 Å². The number of benzene rings is 1. The van der Waals surface area contributed by atoms with Crippen LogP contribution in [0.25, 0.3) is 0 Å². The van der Waals surface area contributed by atoms with Crippen molar-refractivity contribution in [2.45, 2.75) is 26.9 Å². The molecule has 0 atom stereocenters. The highest BCUT2D eigenvalue weighted by atomic mass is 35.5. The molecule has 6 nitrogen and oxygen atoms in total. The number of anilines is 1. The zero-order chi connectivity index (χ0) is 21.3. The lowest BCUT2D eigenvalue weighted by atomic mass is 10.2. The number of hydrogen-bond donors (Lipinski definition) is 1. The molecule has 1 aromatic carbocycles. The van der Waals surface area contributed by atoms with E-state index in [0.717, 1.165) is 28.3 Å². The van der Waals surface area contributed by atoms with E-state index in [4.69, 9.17) is 47.0 Å². The van der Waals surface area contributed by atoms with Gasteiger partial charge in [-0.15, -0.1) is 0 Å². The van der Waals surface area contributed by atoms with E-state index in [9.17, 15) is 0 Å². The molecule has 0 radical (unpaired) electrons. The smallest absolute Gasteiger partial charge is 0.173 e. The second-order valence-electron chi connectivity index (χ2n) is 6.79. The van der Waals surface area contributed by atoms with Crippen molar-refractivity contribution >= 4 is 57.8 Å². The van der Waals surface area contributed by atoms with Crippen molar-refractivity contribution in [1.82, 2.24) is 24.5 Å². The fraction of sp³-hybridized carbons (Fsp3) is 0.316. The van der Waals surface area contributed by atoms with Crippen LogP contribution in [0.4, 0.5) is 5.69 Å². The summed E-state index contributed by atoms with van der Waals surface area (Å²) >= 11 is 24.1. The van der Waals surface area contributed by atoms with Crippen molar-refractivity contribution in [2.75, 3.05) is 12.4 Å². The SMILES string of the molecule is Cc1nn(Cc2ccc(Cl)cc2Cl)c(C)c1NC(=S)N(C)Cc1c(Cl)cnn1C. The van der Waals surface area contributed by atoms with Gasteiger partial charge in [-0.1, -0.05) is 40.9 Å². The number of aryl methyl sites for hydroxylation is 2. The Labute approximate surface area is 190 Å². The van der Waals surface area contributed by atoms with Gasteiger partial charge in [0, 0.05) is 24.1 Å². The molecule has 0 aliphatic carbocycles. The van der Waals surface area contributed by atoms with Gasteiger partial charge in [-0.2, -0.15) is 10.2 Å². The van der Waals surface area contributed by atoms with E-state index in [1.165, 1.54) is 0 Å². The highest BCUT2D eigenvalue weighted by Crippen LogP contribution is 2.25. The first-order valence-electron chi connectivity index (χ1n) is 8.83. The van der Waals surface area contributed by atoms with Gasteiger partial charge in [-0.05, 0) is 43.8 Å². The molecule has 0 amide bonds. The first-order chi connectivity index (χ1) is 13.7. The Hall–Kier alpha value is -1.80. The van der Waals surface area contributed by atoms with Crippen LogP contribution in [0.3, 0.4) is 0 Å². The number of halogens is 3. The summed E-state index contributed by atoms with van der Waals surface area (Å²) in [6.07, 6.45) is 1.63. The first-order valence-corrected chi connectivity index (χ1v) is 10.4. The molecular weight excluding hydrogens is 451 g/mol. The minimum Gasteiger partial charge on any atom is -0.346 e. The molecule has 0 saturated heterocycles. The molecular formula is C19H21Cl3N6S. The van der Waals surface area contributed by atoms with Crippen molar-refractivity contribution in [2.24, 2.45) is 7.05 Å². The van der Waals surface area contributed by atoms with E-state index in [-0.39, 0.29) is 0 Å². The van der Waals surface area contributed by atoms with Crippen molar-refractivity contribution < 1.29 is 0 Å². The lowest BCUT2D eigenvalue weighted by molar-refractivity contribution is 0.482. The van der Waals surface area contributed by atoms with Crippen LogP contribution in [0.5, 0.6) is 0 Å². The molecule has 0 spiro atoms. The van der Waals surface area contributed by atoms with Crippen LogP contribution in [0.2, 0.25) is 15.1 Å². The molecule has 29 heavy (non-hydrogen) atoms. The van der Waals surface area contributed by atoms with Crippen molar-refractivity contribution in [3.05, 3.63) is 62.1 Å². The Kier molecular flexibility index (Phi) is 6.73. The monoisotopic (exact) mass is 470 g/mol. The Bertz CT molecular complexity index is 1040. The fourth-order valence-electron chi connectivity index (χ4n) is 2.96. The molecule has 3 aromatic rings. The Morgan fingerprint density at radius 3 is 2.55 bits per heavy atom. The third kappa shape index (κ3) is 4.86. The Morgan fingerprint density at radius 1 is 1.21 bits per heavy atom. The summed E-state index contributed by atoms with van der Waals surface area (Å²) < 4.78 is 3.64. The molecule has 0 aliphatic rings. The van der Waals surface area contributed by atoms with Crippen molar-refractivity contribution in [3.63, 3.8) is 0 Å². The summed E-state index contributed by atoms with van der Waals surface area (Å²) in [5, 5.41) is 14.5. The normalized spacial score (nSPS) is 11.0. The number of hydrogen-bond acceptors (Lipinski definition) is 3. The predicted molar refractivity (Wildman–Crippen MR) is 123 cm³/mol. The highest BCUT2D eigenvalue weighted by Gasteiger charge is 2.17. The van der Waals surface area contributed by atoms with Crippen molar-refractivity contribution in [3.8, 4) is 0 Å². The maximum absolute atomic E-state index is 6.31. The number of nitrogens with one attached hydrogen (secondary N) is 1. The van der Waals surface area contributed by atoms with E-state index in [1.807, 2.05) is 49.7 Å². The molecule has 2 heterocycles. The van der Waals surface area contributed by atoms with Gasteiger partial charge < -0.3 is 10.2 Å². The molecule has 0 saturated carbocycles. The third-order valence-corrected chi connectivity index (χ3v) is 6.01. The lowest BCUT2D eigenvalue weighted by Gasteiger charge is -2.21. The Balaban J connectivity index is 1.75. The van der Waals surface area contributed by atoms with E-state index in [1.54, 1.807) is 16.9 Å². The summed E-state index contributed by atoms with van der Waals surface area (Å²) in [4.78, 5) is 1.91. The number of thiocarbonyl (C=S) groups is 1. The van der Waals surface area contributed by atoms with Crippen LogP contribution >= 0.6 is 47.0 Å². The van der Waals surface area contributed by atoms with Crippen molar-refractivity contribution in [1.29, 1.82) is 0 Å². The quantitative estimate of drug-likeness (QED) is 0.526. The van der Waals surface area contributed by atoms with Gasteiger partial charge in [-0.3, -0.25) is 9.36 Å². The number of nitrogens with zero attached hydrogens (tertiary/aromatic N) is 5. The minimum atomic E-state index is 0.535. The maximum Gasteiger partial charge on any atom is 0.173 e. The topological polar surface area (TPSA) is 50.9 Å². The van der Waals surface area contributed by atoms with Crippen LogP contribution in [0.15, 0.2) is 24.4 Å². The summed E-state index contributed by atoms with van der Waals surface area (Å²) in [7, 11) is 3.76. The molecule has 10 heteroatoms. The molecule has 154 valence electrons. The van der Waals surface area contributed by atoms with Gasteiger partial charge in [0.2, 0.25) is 0 Å². The van der Waals surface area contributed by atoms with Gasteiger partial charge in [0.1, 0.15) is 0 Å². The van der Waals surface area contributed by atoms with Crippen LogP contribution < -0.4 is 5.32 Å². The summed E-state index contributed by atoms with van der Waals surface area (Å²) in [6, 6.07) is 5.46. The second kappa shape index (κ2) is 8.92. The largest absolute Gasteiger partial charge is 0.346 e. The fourth-order valence-corrected chi connectivity index (χ4v) is 3.82. The third-order valence-electron chi connectivity index (χ3n) is 4.69. The van der Waals surface area contributed by atoms with Crippen LogP contribution in [0, 0.1) is 13.8 Å². The molecule has 3 rings (SSSR count). The lowest BCUT2D eigenvalue weighted by Crippen LogP contribution is -2.31. The molecule has 0 fully saturated rings. The molecule has 2 aromatic heterocycles. The zero-order valence-electron chi connectivity index (χ0n) is 16.5.